The van der Waals surface area contributed by atoms with Gasteiger partial charge in [-0.05, 0) is 56.0 Å². The van der Waals surface area contributed by atoms with Crippen LogP contribution in [0.1, 0.15) is 48.8 Å². The molecule has 3 aromatic rings. The van der Waals surface area contributed by atoms with Crippen molar-refractivity contribution in [3.63, 3.8) is 0 Å². The van der Waals surface area contributed by atoms with Gasteiger partial charge in [-0.3, -0.25) is 4.57 Å². The highest BCUT2D eigenvalue weighted by atomic mass is 35.5. The maximum absolute atomic E-state index is 6.19. The van der Waals surface area contributed by atoms with Gasteiger partial charge in [-0.2, -0.15) is 0 Å². The Kier molecular flexibility index (Phi) is 4.79. The molecule has 144 valence electrons. The molecule has 1 aliphatic carbocycles. The van der Waals surface area contributed by atoms with Crippen molar-refractivity contribution in [1.29, 1.82) is 0 Å². The van der Waals surface area contributed by atoms with E-state index >= 15 is 0 Å². The Balaban J connectivity index is 1.37. The molecule has 0 spiro atoms. The summed E-state index contributed by atoms with van der Waals surface area (Å²) in [6.07, 6.45) is 4.38. The van der Waals surface area contributed by atoms with Gasteiger partial charge in [0.2, 0.25) is 0 Å². The lowest BCUT2D eigenvalue weighted by molar-refractivity contribution is 0.105. The van der Waals surface area contributed by atoms with E-state index in [1.54, 1.807) is 0 Å². The van der Waals surface area contributed by atoms with Crippen LogP contribution in [0, 0.1) is 0 Å². The summed E-state index contributed by atoms with van der Waals surface area (Å²) >= 11 is 6.19. The Morgan fingerprint density at radius 1 is 0.964 bits per heavy atom. The average molecular weight is 396 g/mol. The normalized spacial score (nSPS) is 21.5. The summed E-state index contributed by atoms with van der Waals surface area (Å²) in [7, 11) is 0. The third-order valence-electron chi connectivity index (χ3n) is 5.61. The van der Waals surface area contributed by atoms with E-state index in [9.17, 15) is 0 Å². The molecule has 1 saturated carbocycles. The largest absolute Gasteiger partial charge is 0.490 e. The summed E-state index contributed by atoms with van der Waals surface area (Å²) < 4.78 is 14.1. The number of aromatic nitrogens is 3. The number of para-hydroxylation sites is 1. The number of hydrogen-bond acceptors (Lipinski definition) is 4. The monoisotopic (exact) mass is 395 g/mol. The van der Waals surface area contributed by atoms with Crippen LogP contribution in [0.3, 0.4) is 0 Å². The molecule has 1 aliphatic heterocycles. The van der Waals surface area contributed by atoms with Gasteiger partial charge in [0.05, 0.1) is 18.4 Å². The van der Waals surface area contributed by atoms with Crippen LogP contribution in [0.25, 0.3) is 5.69 Å². The molecule has 5 rings (SSSR count). The molecule has 2 heterocycles. The van der Waals surface area contributed by atoms with Crippen LogP contribution in [-0.4, -0.2) is 20.9 Å². The first-order valence-corrected chi connectivity index (χ1v) is 10.2. The second-order valence-electron chi connectivity index (χ2n) is 7.48. The van der Waals surface area contributed by atoms with Gasteiger partial charge in [0, 0.05) is 16.5 Å². The van der Waals surface area contributed by atoms with Crippen molar-refractivity contribution in [3.05, 3.63) is 70.8 Å². The van der Waals surface area contributed by atoms with Crippen molar-refractivity contribution in [2.45, 2.75) is 50.9 Å². The maximum atomic E-state index is 6.19. The molecule has 0 atom stereocenters. The quantitative estimate of drug-likeness (QED) is 0.622. The first-order chi connectivity index (χ1) is 13.8. The van der Waals surface area contributed by atoms with Crippen LogP contribution in [0.15, 0.2) is 48.5 Å². The average Bonchev–Trinajstić information content (AvgIpc) is 3.05. The fourth-order valence-electron chi connectivity index (χ4n) is 4.22. The van der Waals surface area contributed by atoms with Crippen LogP contribution in [0.4, 0.5) is 0 Å². The van der Waals surface area contributed by atoms with Crippen molar-refractivity contribution in [1.82, 2.24) is 14.8 Å². The van der Waals surface area contributed by atoms with Gasteiger partial charge in [-0.1, -0.05) is 29.8 Å². The molecule has 0 N–H and O–H groups in total. The van der Waals surface area contributed by atoms with Crippen molar-refractivity contribution < 1.29 is 9.47 Å². The molecule has 0 saturated heterocycles. The van der Waals surface area contributed by atoms with Crippen molar-refractivity contribution in [3.8, 4) is 11.4 Å². The Labute approximate surface area is 169 Å². The molecule has 2 aromatic carbocycles. The van der Waals surface area contributed by atoms with E-state index in [1.165, 1.54) is 0 Å². The first kappa shape index (κ1) is 17.7. The maximum Gasteiger partial charge on any atom is 0.163 e. The van der Waals surface area contributed by atoms with Crippen LogP contribution < -0.4 is 4.74 Å². The SMILES string of the molecule is Clc1ccc2c(c1)COCc1nnc([C@H]3CC[C@H](Oc4ccccc4)CC3)n1-2. The Bertz CT molecular complexity index is 965. The summed E-state index contributed by atoms with van der Waals surface area (Å²) in [4.78, 5) is 0. The lowest BCUT2D eigenvalue weighted by atomic mass is 9.86. The van der Waals surface area contributed by atoms with E-state index in [0.29, 0.717) is 19.1 Å². The Hall–Kier alpha value is -2.37. The number of hydrogen-bond donors (Lipinski definition) is 0. The summed E-state index contributed by atoms with van der Waals surface area (Å²) in [6, 6.07) is 16.0. The number of nitrogens with zero attached hydrogens (tertiary/aromatic N) is 3. The molecular weight excluding hydrogens is 374 g/mol. The summed E-state index contributed by atoms with van der Waals surface area (Å²) in [5.74, 6) is 3.21. The van der Waals surface area contributed by atoms with Gasteiger partial charge >= 0.3 is 0 Å². The van der Waals surface area contributed by atoms with E-state index in [-0.39, 0.29) is 6.10 Å². The second-order valence-corrected chi connectivity index (χ2v) is 7.92. The molecule has 1 fully saturated rings. The minimum Gasteiger partial charge on any atom is -0.490 e. The van der Waals surface area contributed by atoms with Gasteiger partial charge in [0.15, 0.2) is 5.82 Å². The van der Waals surface area contributed by atoms with Gasteiger partial charge in [0.25, 0.3) is 0 Å². The number of fused-ring (bicyclic) bond motifs is 3. The van der Waals surface area contributed by atoms with Crippen molar-refractivity contribution in [2.24, 2.45) is 0 Å². The van der Waals surface area contributed by atoms with Crippen LogP contribution >= 0.6 is 11.6 Å². The topological polar surface area (TPSA) is 49.2 Å². The zero-order valence-electron chi connectivity index (χ0n) is 15.6. The minimum atomic E-state index is 0.264. The highest BCUT2D eigenvalue weighted by Crippen LogP contribution is 2.36. The highest BCUT2D eigenvalue weighted by molar-refractivity contribution is 6.30. The van der Waals surface area contributed by atoms with Crippen LogP contribution in [-0.2, 0) is 18.0 Å². The molecular formula is C22H22ClN3O2. The third-order valence-corrected chi connectivity index (χ3v) is 5.85. The standard InChI is InChI=1S/C22H22ClN3O2/c23-17-8-11-20-16(12-17)13-27-14-21-24-25-22(26(20)21)15-6-9-19(10-7-15)28-18-4-2-1-3-5-18/h1-5,8,11-12,15,19H,6-7,9-10,13-14H2/t15-,19-. The van der Waals surface area contributed by atoms with E-state index in [1.807, 2.05) is 48.5 Å². The summed E-state index contributed by atoms with van der Waals surface area (Å²) in [5, 5.41) is 9.70. The first-order valence-electron chi connectivity index (χ1n) is 9.80. The highest BCUT2D eigenvalue weighted by Gasteiger charge is 2.30. The number of ether oxygens (including phenoxy) is 2. The second kappa shape index (κ2) is 7.57. The molecule has 28 heavy (non-hydrogen) atoms. The fourth-order valence-corrected chi connectivity index (χ4v) is 4.42. The molecule has 0 unspecified atom stereocenters. The smallest absolute Gasteiger partial charge is 0.163 e. The zero-order chi connectivity index (χ0) is 18.9. The van der Waals surface area contributed by atoms with Gasteiger partial charge in [-0.25, -0.2) is 0 Å². The van der Waals surface area contributed by atoms with E-state index in [0.717, 1.165) is 59.4 Å². The Morgan fingerprint density at radius 2 is 1.79 bits per heavy atom. The minimum absolute atomic E-state index is 0.264. The zero-order valence-corrected chi connectivity index (χ0v) is 16.3. The van der Waals surface area contributed by atoms with E-state index in [2.05, 4.69) is 14.8 Å². The molecule has 0 radical (unpaired) electrons. The van der Waals surface area contributed by atoms with Gasteiger partial charge in [0.1, 0.15) is 18.2 Å². The Morgan fingerprint density at radius 3 is 2.61 bits per heavy atom. The third kappa shape index (κ3) is 3.40. The predicted octanol–water partition coefficient (Wildman–Crippen LogP) is 5.06. The lowest BCUT2D eigenvalue weighted by Gasteiger charge is -2.29. The molecule has 0 bridgehead atoms. The summed E-state index contributed by atoms with van der Waals surface area (Å²) in [6.45, 7) is 1.00. The molecule has 0 amide bonds. The predicted molar refractivity (Wildman–Crippen MR) is 107 cm³/mol. The molecule has 2 aliphatic rings. The van der Waals surface area contributed by atoms with E-state index < -0.39 is 0 Å². The molecule has 1 aromatic heterocycles. The number of benzene rings is 2. The van der Waals surface area contributed by atoms with Crippen LogP contribution in [0.5, 0.6) is 5.75 Å². The number of halogens is 1. The van der Waals surface area contributed by atoms with Gasteiger partial charge in [-0.15, -0.1) is 10.2 Å². The molecule has 6 heteroatoms. The van der Waals surface area contributed by atoms with Crippen molar-refractivity contribution in [2.75, 3.05) is 0 Å². The van der Waals surface area contributed by atoms with Crippen molar-refractivity contribution >= 4 is 11.6 Å². The molecule has 5 nitrogen and oxygen atoms in total. The fraction of sp³-hybridized carbons (Fsp3) is 0.364. The lowest BCUT2D eigenvalue weighted by Crippen LogP contribution is -2.24. The number of rotatable bonds is 3. The van der Waals surface area contributed by atoms with Gasteiger partial charge < -0.3 is 9.47 Å². The van der Waals surface area contributed by atoms with Crippen LogP contribution in [0.2, 0.25) is 5.02 Å². The van der Waals surface area contributed by atoms with E-state index in [4.69, 9.17) is 21.1 Å². The summed E-state index contributed by atoms with van der Waals surface area (Å²) in [5.41, 5.74) is 2.16.